The standard InChI is InChI=1S/C27H33Cl2NO5/c1-4-22(15-35-16-27(2,3)34)30-25(17-8-10-20(28)11-9-17)23(18-6-5-7-21(29)12-18)13-19(26(30)33)14-24(31)32/h5-12,19,22-23,25,34H,4,13-16H2,1-3H3,(H,31,32). The number of likely N-dealkylation sites (tertiary alicyclic amines) is 1. The molecule has 0 spiro atoms. The highest BCUT2D eigenvalue weighted by Gasteiger charge is 2.46. The highest BCUT2D eigenvalue weighted by atomic mass is 35.5. The molecule has 3 rings (SSSR count). The second-order valence-corrected chi connectivity index (χ2v) is 10.7. The zero-order valence-corrected chi connectivity index (χ0v) is 21.8. The lowest BCUT2D eigenvalue weighted by Crippen LogP contribution is -2.53. The lowest BCUT2D eigenvalue weighted by Gasteiger charge is -2.48. The van der Waals surface area contributed by atoms with E-state index in [0.717, 1.165) is 11.1 Å². The normalized spacial score (nSPS) is 21.7. The number of carboxylic acid groups (broad SMARTS) is 1. The van der Waals surface area contributed by atoms with Crippen LogP contribution in [0.1, 0.15) is 63.1 Å². The van der Waals surface area contributed by atoms with Crippen molar-refractivity contribution in [3.63, 3.8) is 0 Å². The molecule has 8 heteroatoms. The highest BCUT2D eigenvalue weighted by molar-refractivity contribution is 6.30. The van der Waals surface area contributed by atoms with Crippen molar-refractivity contribution < 1.29 is 24.5 Å². The van der Waals surface area contributed by atoms with Crippen molar-refractivity contribution in [3.8, 4) is 0 Å². The first-order valence-electron chi connectivity index (χ1n) is 11.8. The van der Waals surface area contributed by atoms with Gasteiger partial charge in [0.1, 0.15) is 0 Å². The van der Waals surface area contributed by atoms with E-state index >= 15 is 0 Å². The third-order valence-electron chi connectivity index (χ3n) is 6.36. The van der Waals surface area contributed by atoms with E-state index in [2.05, 4.69) is 0 Å². The van der Waals surface area contributed by atoms with Gasteiger partial charge in [-0.2, -0.15) is 0 Å². The zero-order chi connectivity index (χ0) is 25.8. The molecule has 0 aromatic heterocycles. The fraction of sp³-hybridized carbons (Fsp3) is 0.481. The molecule has 0 radical (unpaired) electrons. The Morgan fingerprint density at radius 3 is 2.40 bits per heavy atom. The number of benzene rings is 2. The lowest BCUT2D eigenvalue weighted by molar-refractivity contribution is -0.154. The molecule has 1 aliphatic heterocycles. The summed E-state index contributed by atoms with van der Waals surface area (Å²) in [5.41, 5.74) is 0.842. The summed E-state index contributed by atoms with van der Waals surface area (Å²) in [7, 11) is 0. The van der Waals surface area contributed by atoms with Crippen LogP contribution in [0.4, 0.5) is 0 Å². The van der Waals surface area contributed by atoms with E-state index < -0.39 is 17.5 Å². The maximum Gasteiger partial charge on any atom is 0.304 e. The van der Waals surface area contributed by atoms with Crippen molar-refractivity contribution in [2.75, 3.05) is 13.2 Å². The van der Waals surface area contributed by atoms with E-state index in [0.29, 0.717) is 22.9 Å². The summed E-state index contributed by atoms with van der Waals surface area (Å²) in [4.78, 5) is 27.3. The Morgan fingerprint density at radius 1 is 1.14 bits per heavy atom. The summed E-state index contributed by atoms with van der Waals surface area (Å²) in [5.74, 6) is -2.07. The van der Waals surface area contributed by atoms with E-state index in [9.17, 15) is 19.8 Å². The van der Waals surface area contributed by atoms with Crippen molar-refractivity contribution in [3.05, 3.63) is 69.7 Å². The van der Waals surface area contributed by atoms with Crippen LogP contribution in [-0.4, -0.2) is 51.8 Å². The van der Waals surface area contributed by atoms with Crippen LogP contribution in [-0.2, 0) is 14.3 Å². The number of carbonyl (C=O) groups is 2. The van der Waals surface area contributed by atoms with E-state index in [1.54, 1.807) is 36.9 Å². The third-order valence-corrected chi connectivity index (χ3v) is 6.85. The van der Waals surface area contributed by atoms with Crippen LogP contribution in [0.15, 0.2) is 48.5 Å². The molecule has 2 N–H and O–H groups in total. The predicted octanol–water partition coefficient (Wildman–Crippen LogP) is 5.71. The number of piperidine rings is 1. The number of amides is 1. The van der Waals surface area contributed by atoms with Gasteiger partial charge in [-0.05, 0) is 62.1 Å². The number of aliphatic hydroxyl groups is 1. The molecule has 1 aliphatic rings. The van der Waals surface area contributed by atoms with Gasteiger partial charge >= 0.3 is 5.97 Å². The number of rotatable bonds is 10. The van der Waals surface area contributed by atoms with Crippen LogP contribution in [0, 0.1) is 5.92 Å². The number of nitrogens with zero attached hydrogens (tertiary/aromatic N) is 1. The summed E-state index contributed by atoms with van der Waals surface area (Å²) in [5, 5.41) is 20.8. The van der Waals surface area contributed by atoms with Crippen molar-refractivity contribution in [1.82, 2.24) is 4.90 Å². The number of aliphatic carboxylic acids is 1. The molecule has 1 amide bonds. The van der Waals surface area contributed by atoms with Gasteiger partial charge in [0.2, 0.25) is 5.91 Å². The Bertz CT molecular complexity index is 1020. The Balaban J connectivity index is 2.09. The van der Waals surface area contributed by atoms with Crippen LogP contribution in [0.25, 0.3) is 0 Å². The summed E-state index contributed by atoms with van der Waals surface area (Å²) in [6.45, 7) is 5.63. The van der Waals surface area contributed by atoms with Gasteiger partial charge in [-0.15, -0.1) is 0 Å². The maximum atomic E-state index is 13.8. The molecular weight excluding hydrogens is 489 g/mol. The smallest absolute Gasteiger partial charge is 0.304 e. The minimum atomic E-state index is -1.01. The monoisotopic (exact) mass is 521 g/mol. The first-order chi connectivity index (χ1) is 16.5. The van der Waals surface area contributed by atoms with E-state index in [4.69, 9.17) is 27.9 Å². The van der Waals surface area contributed by atoms with Crippen molar-refractivity contribution in [2.24, 2.45) is 5.92 Å². The molecule has 190 valence electrons. The number of hydrogen-bond acceptors (Lipinski definition) is 4. The molecule has 2 aromatic rings. The lowest BCUT2D eigenvalue weighted by atomic mass is 9.74. The highest BCUT2D eigenvalue weighted by Crippen LogP contribution is 2.47. The van der Waals surface area contributed by atoms with Gasteiger partial charge in [0.15, 0.2) is 0 Å². The second kappa shape index (κ2) is 11.7. The van der Waals surface area contributed by atoms with Crippen LogP contribution in [0.5, 0.6) is 0 Å². The van der Waals surface area contributed by atoms with Gasteiger partial charge in [-0.1, -0.05) is 54.4 Å². The van der Waals surface area contributed by atoms with Crippen LogP contribution in [0.3, 0.4) is 0 Å². The van der Waals surface area contributed by atoms with Crippen molar-refractivity contribution >= 4 is 35.1 Å². The fourth-order valence-electron chi connectivity index (χ4n) is 4.81. The molecule has 4 atom stereocenters. The summed E-state index contributed by atoms with van der Waals surface area (Å²) in [6.07, 6.45) is 0.737. The summed E-state index contributed by atoms with van der Waals surface area (Å²) < 4.78 is 5.83. The van der Waals surface area contributed by atoms with Crippen molar-refractivity contribution in [2.45, 2.75) is 63.6 Å². The van der Waals surface area contributed by atoms with Gasteiger partial charge in [0.05, 0.1) is 37.3 Å². The molecule has 1 fully saturated rings. The Morgan fingerprint density at radius 2 is 1.83 bits per heavy atom. The molecule has 0 bridgehead atoms. The third kappa shape index (κ3) is 7.20. The SMILES string of the molecule is CCC(COCC(C)(C)O)N1C(=O)C(CC(=O)O)CC(c2cccc(Cl)c2)C1c1ccc(Cl)cc1. The number of carbonyl (C=O) groups excluding carboxylic acids is 1. The van der Waals surface area contributed by atoms with Crippen LogP contribution in [0.2, 0.25) is 10.0 Å². The topological polar surface area (TPSA) is 87.1 Å². The molecule has 0 saturated carbocycles. The summed E-state index contributed by atoms with van der Waals surface area (Å²) >= 11 is 12.5. The molecule has 1 heterocycles. The molecule has 35 heavy (non-hydrogen) atoms. The number of halogens is 2. The Labute approximate surface area is 216 Å². The van der Waals surface area contributed by atoms with Gasteiger partial charge < -0.3 is 19.8 Å². The molecule has 6 nitrogen and oxygen atoms in total. The van der Waals surface area contributed by atoms with Gasteiger partial charge in [-0.3, -0.25) is 9.59 Å². The largest absolute Gasteiger partial charge is 0.481 e. The zero-order valence-electron chi connectivity index (χ0n) is 20.3. The van der Waals surface area contributed by atoms with E-state index in [1.165, 1.54) is 0 Å². The second-order valence-electron chi connectivity index (χ2n) is 9.82. The fourth-order valence-corrected chi connectivity index (χ4v) is 5.14. The minimum absolute atomic E-state index is 0.118. The van der Waals surface area contributed by atoms with Gasteiger partial charge in [0, 0.05) is 21.9 Å². The van der Waals surface area contributed by atoms with Gasteiger partial charge in [0.25, 0.3) is 0 Å². The predicted molar refractivity (Wildman–Crippen MR) is 137 cm³/mol. The average molecular weight is 522 g/mol. The molecule has 1 saturated heterocycles. The van der Waals surface area contributed by atoms with Crippen LogP contribution >= 0.6 is 23.2 Å². The quantitative estimate of drug-likeness (QED) is 0.418. The molecule has 2 aromatic carbocycles. The maximum absolute atomic E-state index is 13.8. The van der Waals surface area contributed by atoms with Crippen LogP contribution < -0.4 is 0 Å². The molecule has 4 unspecified atom stereocenters. The molecule has 0 aliphatic carbocycles. The minimum Gasteiger partial charge on any atom is -0.481 e. The van der Waals surface area contributed by atoms with E-state index in [1.807, 2.05) is 37.3 Å². The van der Waals surface area contributed by atoms with Gasteiger partial charge in [-0.25, -0.2) is 0 Å². The first-order valence-corrected chi connectivity index (χ1v) is 12.6. The number of ether oxygens (including phenoxy) is 1. The average Bonchev–Trinajstić information content (AvgIpc) is 2.78. The van der Waals surface area contributed by atoms with Crippen molar-refractivity contribution in [1.29, 1.82) is 0 Å². The Kier molecular flexibility index (Phi) is 9.22. The first kappa shape index (κ1) is 27.5. The molecular formula is C27H33Cl2NO5. The number of carboxylic acids is 1. The summed E-state index contributed by atoms with van der Waals surface area (Å²) in [6, 6.07) is 14.2. The number of hydrogen-bond donors (Lipinski definition) is 2. The van der Waals surface area contributed by atoms with E-state index in [-0.39, 0.29) is 43.5 Å². The Hall–Kier alpha value is -2.12.